The molecule has 26 heavy (non-hydrogen) atoms. The third-order valence-electron chi connectivity index (χ3n) is 5.01. The molecule has 2 rings (SSSR count). The number of nitrogens with zero attached hydrogens (tertiary/aromatic N) is 2. The topological polar surface area (TPSA) is 77.9 Å². The van der Waals surface area contributed by atoms with Crippen molar-refractivity contribution in [2.75, 3.05) is 26.5 Å². The molecule has 0 bridgehead atoms. The first-order chi connectivity index (χ1) is 12.2. The molecule has 1 aliphatic heterocycles. The first-order valence-electron chi connectivity index (χ1n) is 8.80. The lowest BCUT2D eigenvalue weighted by Gasteiger charge is -2.55. The molecule has 0 unspecified atom stereocenters. The summed E-state index contributed by atoms with van der Waals surface area (Å²) in [7, 11) is -1.83. The fourth-order valence-electron chi connectivity index (χ4n) is 3.57. The molecule has 0 aliphatic carbocycles. The Labute approximate surface area is 156 Å². The molecule has 1 N–H and O–H groups in total. The number of carbonyl (C=O) groups is 1. The van der Waals surface area contributed by atoms with Crippen LogP contribution in [0.1, 0.15) is 37.3 Å². The van der Waals surface area contributed by atoms with E-state index in [1.807, 2.05) is 43.3 Å². The van der Waals surface area contributed by atoms with E-state index in [0.29, 0.717) is 6.42 Å². The van der Waals surface area contributed by atoms with Crippen molar-refractivity contribution < 1.29 is 18.3 Å². The summed E-state index contributed by atoms with van der Waals surface area (Å²) in [5, 5.41) is 9.85. The van der Waals surface area contributed by atoms with E-state index < -0.39 is 10.0 Å². The number of rotatable bonds is 7. The van der Waals surface area contributed by atoms with Crippen LogP contribution in [0.5, 0.6) is 0 Å². The van der Waals surface area contributed by atoms with Gasteiger partial charge in [-0.15, -0.1) is 0 Å². The largest absolute Gasteiger partial charge is 0.394 e. The number of benzene rings is 1. The van der Waals surface area contributed by atoms with Crippen LogP contribution in [0.3, 0.4) is 0 Å². The third kappa shape index (κ3) is 4.16. The second-order valence-corrected chi connectivity index (χ2v) is 8.80. The molecule has 6 nitrogen and oxygen atoms in total. The number of aliphatic hydroxyl groups is 1. The van der Waals surface area contributed by atoms with E-state index in [4.69, 9.17) is 0 Å². The van der Waals surface area contributed by atoms with Gasteiger partial charge < -0.3 is 10.0 Å². The first-order valence-corrected chi connectivity index (χ1v) is 10.6. The van der Waals surface area contributed by atoms with Crippen LogP contribution in [0.4, 0.5) is 0 Å². The Morgan fingerprint density at radius 3 is 2.35 bits per heavy atom. The fourth-order valence-corrected chi connectivity index (χ4v) is 3.99. The van der Waals surface area contributed by atoms with Gasteiger partial charge in [0, 0.05) is 25.9 Å². The zero-order chi connectivity index (χ0) is 19.5. The van der Waals surface area contributed by atoms with Crippen molar-refractivity contribution in [3.05, 3.63) is 41.5 Å². The second-order valence-electron chi connectivity index (χ2n) is 6.71. The van der Waals surface area contributed by atoms with Crippen LogP contribution in [0.2, 0.25) is 0 Å². The highest BCUT2D eigenvalue weighted by atomic mass is 32.2. The zero-order valence-corrected chi connectivity index (χ0v) is 16.6. The average molecular weight is 381 g/mol. The van der Waals surface area contributed by atoms with E-state index in [1.54, 1.807) is 11.8 Å². The van der Waals surface area contributed by atoms with Gasteiger partial charge in [-0.2, -0.15) is 0 Å². The number of likely N-dealkylation sites (tertiary alicyclic amines) is 1. The summed E-state index contributed by atoms with van der Waals surface area (Å²) < 4.78 is 24.9. The Balaban J connectivity index is 2.34. The third-order valence-corrected chi connectivity index (χ3v) is 6.29. The van der Waals surface area contributed by atoms with Gasteiger partial charge in [0.15, 0.2) is 0 Å². The second kappa shape index (κ2) is 8.33. The number of amides is 1. The van der Waals surface area contributed by atoms with Crippen LogP contribution in [-0.2, 0) is 14.8 Å². The Hall–Kier alpha value is -1.70. The molecular weight excluding hydrogens is 352 g/mol. The predicted octanol–water partition coefficient (Wildman–Crippen LogP) is 1.68. The number of allylic oxidation sites excluding steroid dienone is 1. The van der Waals surface area contributed by atoms with Crippen LogP contribution < -0.4 is 0 Å². The highest BCUT2D eigenvalue weighted by molar-refractivity contribution is 7.88. The minimum atomic E-state index is -3.35. The van der Waals surface area contributed by atoms with Gasteiger partial charge in [0.05, 0.1) is 24.9 Å². The van der Waals surface area contributed by atoms with Crippen molar-refractivity contribution in [2.45, 2.75) is 38.3 Å². The van der Waals surface area contributed by atoms with Crippen molar-refractivity contribution in [1.29, 1.82) is 0 Å². The smallest absolute Gasteiger partial charge is 0.222 e. The highest BCUT2D eigenvalue weighted by Gasteiger charge is 2.51. The molecule has 3 atom stereocenters. The van der Waals surface area contributed by atoms with E-state index in [2.05, 4.69) is 0 Å². The summed E-state index contributed by atoms with van der Waals surface area (Å²) in [5.41, 5.74) is 2.08. The Morgan fingerprint density at radius 2 is 1.88 bits per heavy atom. The van der Waals surface area contributed by atoms with Crippen molar-refractivity contribution in [2.24, 2.45) is 0 Å². The van der Waals surface area contributed by atoms with Crippen LogP contribution in [-0.4, -0.2) is 67.2 Å². The zero-order valence-electron chi connectivity index (χ0n) is 15.8. The molecule has 1 aromatic carbocycles. The maximum Gasteiger partial charge on any atom is 0.222 e. The minimum Gasteiger partial charge on any atom is -0.394 e. The van der Waals surface area contributed by atoms with Gasteiger partial charge in [-0.05, 0) is 18.1 Å². The first kappa shape index (κ1) is 20.6. The Kier molecular flexibility index (Phi) is 6.60. The van der Waals surface area contributed by atoms with Crippen molar-refractivity contribution in [3.8, 4) is 0 Å². The molecular formula is C19H28N2O4S. The van der Waals surface area contributed by atoms with Gasteiger partial charge in [0.25, 0.3) is 0 Å². The molecule has 0 spiro atoms. The molecule has 144 valence electrons. The monoisotopic (exact) mass is 380 g/mol. The molecule has 1 aromatic rings. The molecule has 0 radical (unpaired) electrons. The lowest BCUT2D eigenvalue weighted by Crippen LogP contribution is -2.68. The predicted molar refractivity (Wildman–Crippen MR) is 103 cm³/mol. The molecule has 1 amide bonds. The number of likely N-dealkylation sites (N-methyl/N-ethyl adjacent to an activating group) is 1. The Morgan fingerprint density at radius 1 is 1.27 bits per heavy atom. The maximum atomic E-state index is 12.4. The van der Waals surface area contributed by atoms with E-state index in [0.717, 1.165) is 17.4 Å². The molecule has 0 saturated carbocycles. The number of aliphatic hydroxyl groups excluding tert-OH is 1. The quantitative estimate of drug-likeness (QED) is 0.781. The van der Waals surface area contributed by atoms with Gasteiger partial charge in [0.2, 0.25) is 15.9 Å². The average Bonchev–Trinajstić information content (AvgIpc) is 2.58. The number of hydrogen-bond donors (Lipinski definition) is 1. The van der Waals surface area contributed by atoms with E-state index in [1.165, 1.54) is 11.4 Å². The SMILES string of the molecule is C/C=C/c1ccc([C@H]2[C@@H](CO)N(C(=O)CC)[C@H]2CN(C)S(C)(=O)=O)cc1. The van der Waals surface area contributed by atoms with Crippen LogP contribution in [0.25, 0.3) is 6.08 Å². The van der Waals surface area contributed by atoms with Gasteiger partial charge in [-0.3, -0.25) is 4.79 Å². The molecule has 1 heterocycles. The van der Waals surface area contributed by atoms with Gasteiger partial charge in [-0.1, -0.05) is 43.3 Å². The number of carbonyl (C=O) groups excluding carboxylic acids is 1. The van der Waals surface area contributed by atoms with E-state index >= 15 is 0 Å². The highest BCUT2D eigenvalue weighted by Crippen LogP contribution is 2.41. The van der Waals surface area contributed by atoms with Crippen LogP contribution >= 0.6 is 0 Å². The van der Waals surface area contributed by atoms with E-state index in [-0.39, 0.29) is 37.1 Å². The summed E-state index contributed by atoms with van der Waals surface area (Å²) in [4.78, 5) is 14.0. The van der Waals surface area contributed by atoms with Crippen molar-refractivity contribution >= 4 is 22.0 Å². The summed E-state index contributed by atoms with van der Waals surface area (Å²) in [5.74, 6) is -0.169. The van der Waals surface area contributed by atoms with Gasteiger partial charge in [-0.25, -0.2) is 12.7 Å². The minimum absolute atomic E-state index is 0.0715. The molecule has 0 aromatic heterocycles. The maximum absolute atomic E-state index is 12.4. The molecule has 1 fully saturated rings. The van der Waals surface area contributed by atoms with Crippen LogP contribution in [0.15, 0.2) is 30.3 Å². The number of sulfonamides is 1. The van der Waals surface area contributed by atoms with Crippen molar-refractivity contribution in [1.82, 2.24) is 9.21 Å². The van der Waals surface area contributed by atoms with Crippen LogP contribution in [0, 0.1) is 0 Å². The summed E-state index contributed by atoms with van der Waals surface area (Å²) in [6, 6.07) is 7.35. The lowest BCUT2D eigenvalue weighted by molar-refractivity contribution is -0.150. The summed E-state index contributed by atoms with van der Waals surface area (Å²) in [6.07, 6.45) is 5.43. The molecule has 1 saturated heterocycles. The Bertz CT molecular complexity index is 758. The normalized spacial score (nSPS) is 23.5. The summed E-state index contributed by atoms with van der Waals surface area (Å²) in [6.45, 7) is 3.79. The van der Waals surface area contributed by atoms with Gasteiger partial charge in [0.1, 0.15) is 0 Å². The van der Waals surface area contributed by atoms with Gasteiger partial charge >= 0.3 is 0 Å². The lowest BCUT2D eigenvalue weighted by atomic mass is 9.74. The number of hydrogen-bond acceptors (Lipinski definition) is 4. The standard InChI is InChI=1S/C19H28N2O4S/c1-5-7-14-8-10-15(11-9-14)19-16(12-20(3)26(4,24)25)21(17(19)13-22)18(23)6-2/h5,7-11,16-17,19,22H,6,12-13H2,1-4H3/b7-5+/t16-,17+,19+/m0/s1. The summed E-state index contributed by atoms with van der Waals surface area (Å²) >= 11 is 0. The molecule has 7 heteroatoms. The fraction of sp³-hybridized carbons (Fsp3) is 0.526. The van der Waals surface area contributed by atoms with Crippen molar-refractivity contribution in [3.63, 3.8) is 0 Å². The van der Waals surface area contributed by atoms with E-state index in [9.17, 15) is 18.3 Å². The molecule has 1 aliphatic rings.